The number of aliphatic carboxylic acids is 1. The van der Waals surface area contributed by atoms with E-state index in [1.54, 1.807) is 7.05 Å². The number of carboxylic acids is 1. The molecule has 2 aromatic carbocycles. The van der Waals surface area contributed by atoms with Crippen molar-refractivity contribution in [2.45, 2.75) is 45.4 Å². The Labute approximate surface area is 184 Å². The van der Waals surface area contributed by atoms with Crippen molar-refractivity contribution in [2.75, 3.05) is 20.1 Å². The first-order valence-corrected chi connectivity index (χ1v) is 10.6. The van der Waals surface area contributed by atoms with Crippen LogP contribution in [-0.4, -0.2) is 52.7 Å². The summed E-state index contributed by atoms with van der Waals surface area (Å²) in [5, 5.41) is 9.83. The number of ether oxygens (including phenoxy) is 1. The van der Waals surface area contributed by atoms with Gasteiger partial charge in [0.05, 0.1) is 5.92 Å². The second-order valence-electron chi connectivity index (χ2n) is 9.31. The van der Waals surface area contributed by atoms with Crippen LogP contribution in [0.4, 0.5) is 4.79 Å². The summed E-state index contributed by atoms with van der Waals surface area (Å²) >= 11 is 0. The Morgan fingerprint density at radius 3 is 2.39 bits per heavy atom. The first-order chi connectivity index (χ1) is 14.6. The van der Waals surface area contributed by atoms with Gasteiger partial charge in [-0.15, -0.1) is 0 Å². The quantitative estimate of drug-likeness (QED) is 0.746. The molecule has 166 valence electrons. The Kier molecular flexibility index (Phi) is 7.01. The minimum Gasteiger partial charge on any atom is -0.481 e. The number of hydrogen-bond acceptors (Lipinski definition) is 4. The molecular weight excluding hydrogens is 392 g/mol. The zero-order valence-electron chi connectivity index (χ0n) is 18.7. The van der Waals surface area contributed by atoms with Crippen molar-refractivity contribution in [2.24, 2.45) is 5.92 Å². The highest BCUT2D eigenvalue weighted by molar-refractivity contribution is 5.72. The molecule has 31 heavy (non-hydrogen) atoms. The Balaban J connectivity index is 1.72. The third-order valence-corrected chi connectivity index (χ3v) is 5.47. The van der Waals surface area contributed by atoms with E-state index in [1.807, 2.05) is 63.2 Å². The van der Waals surface area contributed by atoms with Crippen molar-refractivity contribution < 1.29 is 19.4 Å². The van der Waals surface area contributed by atoms with E-state index in [2.05, 4.69) is 17.0 Å². The molecule has 1 aliphatic heterocycles. The van der Waals surface area contributed by atoms with Crippen molar-refractivity contribution in [3.63, 3.8) is 0 Å². The minimum atomic E-state index is -0.767. The number of benzene rings is 2. The lowest BCUT2D eigenvalue weighted by Crippen LogP contribution is -2.33. The number of rotatable bonds is 6. The maximum atomic E-state index is 12.3. The number of nitrogens with zero attached hydrogens (tertiary/aromatic N) is 2. The normalized spacial score (nSPS) is 19.2. The molecule has 1 N–H and O–H groups in total. The smallest absolute Gasteiger partial charge is 0.410 e. The molecule has 0 radical (unpaired) electrons. The van der Waals surface area contributed by atoms with Crippen LogP contribution in [0.15, 0.2) is 54.6 Å². The van der Waals surface area contributed by atoms with Gasteiger partial charge in [-0.05, 0) is 37.5 Å². The number of carbonyl (C=O) groups excluding carboxylic acids is 1. The molecule has 0 aromatic heterocycles. The van der Waals surface area contributed by atoms with E-state index in [0.29, 0.717) is 19.6 Å². The molecular formula is C25H32N2O4. The summed E-state index contributed by atoms with van der Waals surface area (Å²) in [5.41, 5.74) is 2.59. The Morgan fingerprint density at radius 2 is 1.74 bits per heavy atom. The minimum absolute atomic E-state index is 0.0898. The summed E-state index contributed by atoms with van der Waals surface area (Å²) in [7, 11) is 1.71. The molecule has 6 nitrogen and oxygen atoms in total. The highest BCUT2D eigenvalue weighted by Gasteiger charge is 2.38. The van der Waals surface area contributed by atoms with E-state index >= 15 is 0 Å². The molecule has 1 fully saturated rings. The third-order valence-electron chi connectivity index (χ3n) is 5.47. The Bertz CT molecular complexity index is 907. The van der Waals surface area contributed by atoms with Crippen molar-refractivity contribution in [3.8, 4) is 0 Å². The van der Waals surface area contributed by atoms with Crippen LogP contribution in [0.2, 0.25) is 0 Å². The Morgan fingerprint density at radius 1 is 1.06 bits per heavy atom. The van der Waals surface area contributed by atoms with Gasteiger partial charge in [0.1, 0.15) is 5.60 Å². The molecule has 6 heteroatoms. The van der Waals surface area contributed by atoms with Crippen molar-refractivity contribution in [1.82, 2.24) is 9.80 Å². The molecule has 0 bridgehead atoms. The van der Waals surface area contributed by atoms with Gasteiger partial charge in [0.2, 0.25) is 0 Å². The molecule has 0 saturated carbocycles. The van der Waals surface area contributed by atoms with Crippen molar-refractivity contribution >= 4 is 12.1 Å². The monoisotopic (exact) mass is 424 g/mol. The van der Waals surface area contributed by atoms with Crippen LogP contribution in [0.25, 0.3) is 0 Å². The highest BCUT2D eigenvalue weighted by atomic mass is 16.6. The fourth-order valence-electron chi connectivity index (χ4n) is 4.04. The van der Waals surface area contributed by atoms with Crippen LogP contribution < -0.4 is 0 Å². The predicted molar refractivity (Wildman–Crippen MR) is 120 cm³/mol. The van der Waals surface area contributed by atoms with Gasteiger partial charge in [0, 0.05) is 39.1 Å². The Hall–Kier alpha value is -2.86. The number of amides is 1. The lowest BCUT2D eigenvalue weighted by Gasteiger charge is -2.25. The zero-order valence-corrected chi connectivity index (χ0v) is 18.7. The standard InChI is InChI=1S/C25H32N2O4/c1-25(2,3)31-24(30)26(4)14-19-11-8-12-20(13-19)21-16-27(17-22(21)23(28)29)15-18-9-6-5-7-10-18/h5-13,21-22H,14-17H2,1-4H3,(H,28,29)/t21-,22+/m1/s1. The van der Waals surface area contributed by atoms with E-state index in [0.717, 1.165) is 17.7 Å². The van der Waals surface area contributed by atoms with E-state index in [4.69, 9.17) is 4.74 Å². The van der Waals surface area contributed by atoms with E-state index < -0.39 is 17.5 Å². The molecule has 1 amide bonds. The average Bonchev–Trinajstić information content (AvgIpc) is 3.12. The summed E-state index contributed by atoms with van der Waals surface area (Å²) in [5.74, 6) is -1.31. The lowest BCUT2D eigenvalue weighted by atomic mass is 9.88. The molecule has 3 rings (SSSR count). The van der Waals surface area contributed by atoms with Crippen LogP contribution in [0.3, 0.4) is 0 Å². The number of carboxylic acid groups (broad SMARTS) is 1. The topological polar surface area (TPSA) is 70.1 Å². The van der Waals surface area contributed by atoms with Gasteiger partial charge < -0.3 is 14.7 Å². The molecule has 1 saturated heterocycles. The van der Waals surface area contributed by atoms with Crippen molar-refractivity contribution in [3.05, 3.63) is 71.3 Å². The fraction of sp³-hybridized carbons (Fsp3) is 0.440. The fourth-order valence-corrected chi connectivity index (χ4v) is 4.04. The van der Waals surface area contributed by atoms with Gasteiger partial charge in [0.15, 0.2) is 0 Å². The van der Waals surface area contributed by atoms with Gasteiger partial charge in [0.25, 0.3) is 0 Å². The summed E-state index contributed by atoms with van der Waals surface area (Å²) in [6, 6.07) is 18.0. The lowest BCUT2D eigenvalue weighted by molar-refractivity contribution is -0.141. The summed E-state index contributed by atoms with van der Waals surface area (Å²) in [6.45, 7) is 7.88. The van der Waals surface area contributed by atoms with Crippen LogP contribution >= 0.6 is 0 Å². The van der Waals surface area contributed by atoms with Gasteiger partial charge >= 0.3 is 12.1 Å². The van der Waals surface area contributed by atoms with Gasteiger partial charge in [-0.3, -0.25) is 9.69 Å². The van der Waals surface area contributed by atoms with Crippen molar-refractivity contribution in [1.29, 1.82) is 0 Å². The average molecular weight is 425 g/mol. The van der Waals surface area contributed by atoms with Gasteiger partial charge in [-0.25, -0.2) is 4.79 Å². The van der Waals surface area contributed by atoms with Crippen LogP contribution in [0.5, 0.6) is 0 Å². The third kappa shape index (κ3) is 6.31. The van der Waals surface area contributed by atoms with E-state index in [1.165, 1.54) is 10.5 Å². The summed E-state index contributed by atoms with van der Waals surface area (Å²) in [4.78, 5) is 28.0. The number of carbonyl (C=O) groups is 2. The van der Waals surface area contributed by atoms with Gasteiger partial charge in [-0.2, -0.15) is 0 Å². The maximum Gasteiger partial charge on any atom is 0.410 e. The second kappa shape index (κ2) is 9.52. The molecule has 1 heterocycles. The largest absolute Gasteiger partial charge is 0.481 e. The maximum absolute atomic E-state index is 12.3. The molecule has 2 aromatic rings. The SMILES string of the molecule is CN(Cc1cccc([C@H]2CN(Cc3ccccc3)C[C@@H]2C(=O)O)c1)C(=O)OC(C)(C)C. The van der Waals surface area contributed by atoms with Crippen LogP contribution in [-0.2, 0) is 22.6 Å². The molecule has 2 atom stereocenters. The first kappa shape index (κ1) is 22.8. The van der Waals surface area contributed by atoms with Crippen LogP contribution in [0, 0.1) is 5.92 Å². The van der Waals surface area contributed by atoms with E-state index in [9.17, 15) is 14.7 Å². The molecule has 1 aliphatic rings. The summed E-state index contributed by atoms with van der Waals surface area (Å²) in [6.07, 6.45) is -0.379. The second-order valence-corrected chi connectivity index (χ2v) is 9.31. The first-order valence-electron chi connectivity index (χ1n) is 10.6. The van der Waals surface area contributed by atoms with Gasteiger partial charge in [-0.1, -0.05) is 54.6 Å². The molecule has 0 spiro atoms. The van der Waals surface area contributed by atoms with Crippen LogP contribution in [0.1, 0.15) is 43.4 Å². The highest BCUT2D eigenvalue weighted by Crippen LogP contribution is 2.34. The number of likely N-dealkylation sites (tertiary alicyclic amines) is 1. The zero-order chi connectivity index (χ0) is 22.6. The molecule has 0 unspecified atom stereocenters. The number of hydrogen-bond donors (Lipinski definition) is 1. The predicted octanol–water partition coefficient (Wildman–Crippen LogP) is 4.35. The summed E-state index contributed by atoms with van der Waals surface area (Å²) < 4.78 is 5.42. The van der Waals surface area contributed by atoms with E-state index in [-0.39, 0.29) is 12.0 Å². The molecule has 0 aliphatic carbocycles.